The van der Waals surface area contributed by atoms with E-state index in [0.29, 0.717) is 19.6 Å². The van der Waals surface area contributed by atoms with Crippen LogP contribution in [0.5, 0.6) is 0 Å². The van der Waals surface area contributed by atoms with E-state index in [1.54, 1.807) is 12.1 Å². The van der Waals surface area contributed by atoms with Gasteiger partial charge in [-0.25, -0.2) is 9.18 Å². The van der Waals surface area contributed by atoms with Crippen molar-refractivity contribution >= 4 is 6.03 Å². The van der Waals surface area contributed by atoms with Crippen molar-refractivity contribution in [1.29, 1.82) is 0 Å². The predicted octanol–water partition coefficient (Wildman–Crippen LogP) is 2.14. The number of benzene rings is 1. The third-order valence-corrected chi connectivity index (χ3v) is 3.08. The van der Waals surface area contributed by atoms with Gasteiger partial charge >= 0.3 is 6.03 Å². The Bertz CT molecular complexity index is 607. The van der Waals surface area contributed by atoms with Gasteiger partial charge in [0.05, 0.1) is 12.2 Å². The van der Waals surface area contributed by atoms with Crippen LogP contribution in [-0.4, -0.2) is 22.4 Å². The maximum atomic E-state index is 12.7. The largest absolute Gasteiger partial charge is 0.336 e. The van der Waals surface area contributed by atoms with E-state index in [-0.39, 0.29) is 11.8 Å². The fourth-order valence-corrected chi connectivity index (χ4v) is 2.02. The highest BCUT2D eigenvalue weighted by Crippen LogP contribution is 2.02. The first kappa shape index (κ1) is 15.0. The van der Waals surface area contributed by atoms with Gasteiger partial charge in [-0.3, -0.25) is 4.68 Å². The molecule has 112 valence electrons. The molecular weight excluding hydrogens is 271 g/mol. The summed E-state index contributed by atoms with van der Waals surface area (Å²) >= 11 is 0. The molecular formula is C15H19FN4O. The fraction of sp³-hybridized carbons (Fsp3) is 0.333. The lowest BCUT2D eigenvalue weighted by Gasteiger charge is -2.08. The summed E-state index contributed by atoms with van der Waals surface area (Å²) in [6.45, 7) is 5.41. The number of rotatable bonds is 5. The second-order valence-electron chi connectivity index (χ2n) is 4.89. The number of aromatic nitrogens is 2. The molecule has 6 heteroatoms. The first-order chi connectivity index (χ1) is 10.0. The Morgan fingerprint density at radius 2 is 1.95 bits per heavy atom. The van der Waals surface area contributed by atoms with E-state index >= 15 is 0 Å². The van der Waals surface area contributed by atoms with Gasteiger partial charge in [-0.05, 0) is 37.6 Å². The maximum absolute atomic E-state index is 12.7. The molecule has 2 amide bonds. The highest BCUT2D eigenvalue weighted by Gasteiger charge is 2.03. The zero-order valence-electron chi connectivity index (χ0n) is 12.2. The zero-order chi connectivity index (χ0) is 15.2. The van der Waals surface area contributed by atoms with Gasteiger partial charge < -0.3 is 10.6 Å². The zero-order valence-corrected chi connectivity index (χ0v) is 12.2. The van der Waals surface area contributed by atoms with Crippen molar-refractivity contribution in [2.24, 2.45) is 0 Å². The first-order valence-corrected chi connectivity index (χ1v) is 6.82. The van der Waals surface area contributed by atoms with Crippen LogP contribution in [0.3, 0.4) is 0 Å². The van der Waals surface area contributed by atoms with Crippen LogP contribution in [0.1, 0.15) is 17.0 Å². The number of carbonyl (C=O) groups is 1. The molecule has 0 saturated carbocycles. The van der Waals surface area contributed by atoms with Crippen LogP contribution in [0.25, 0.3) is 0 Å². The number of hydrogen-bond donors (Lipinski definition) is 2. The van der Waals surface area contributed by atoms with Crippen molar-refractivity contribution in [3.8, 4) is 0 Å². The van der Waals surface area contributed by atoms with Crippen LogP contribution in [0.2, 0.25) is 0 Å². The summed E-state index contributed by atoms with van der Waals surface area (Å²) in [7, 11) is 0. The smallest absolute Gasteiger partial charge is 0.315 e. The molecule has 0 unspecified atom stereocenters. The molecule has 2 rings (SSSR count). The number of urea groups is 1. The monoisotopic (exact) mass is 290 g/mol. The maximum Gasteiger partial charge on any atom is 0.315 e. The van der Waals surface area contributed by atoms with Crippen molar-refractivity contribution in [3.05, 3.63) is 53.1 Å². The van der Waals surface area contributed by atoms with E-state index in [4.69, 9.17) is 0 Å². The van der Waals surface area contributed by atoms with Crippen LogP contribution in [-0.2, 0) is 13.1 Å². The normalized spacial score (nSPS) is 10.4. The van der Waals surface area contributed by atoms with Gasteiger partial charge in [-0.15, -0.1) is 0 Å². The van der Waals surface area contributed by atoms with E-state index in [9.17, 15) is 9.18 Å². The van der Waals surface area contributed by atoms with Crippen molar-refractivity contribution < 1.29 is 9.18 Å². The Hall–Kier alpha value is -2.37. The molecule has 0 spiro atoms. The molecule has 1 heterocycles. The Kier molecular flexibility index (Phi) is 4.92. The number of carbonyl (C=O) groups excluding carboxylic acids is 1. The molecule has 1 aromatic carbocycles. The standard InChI is InChI=1S/C15H19FN4O/c1-11-9-12(2)20(19-11)8-7-17-15(21)18-10-13-3-5-14(16)6-4-13/h3-6,9H,7-8,10H2,1-2H3,(H2,17,18,21). The lowest BCUT2D eigenvalue weighted by molar-refractivity contribution is 0.240. The van der Waals surface area contributed by atoms with Gasteiger partial charge in [0, 0.05) is 18.8 Å². The Labute approximate surface area is 123 Å². The van der Waals surface area contributed by atoms with Crippen molar-refractivity contribution in [1.82, 2.24) is 20.4 Å². The lowest BCUT2D eigenvalue weighted by atomic mass is 10.2. The third-order valence-electron chi connectivity index (χ3n) is 3.08. The topological polar surface area (TPSA) is 59.0 Å². The molecule has 0 aliphatic heterocycles. The summed E-state index contributed by atoms with van der Waals surface area (Å²) in [5, 5.41) is 9.80. The SMILES string of the molecule is Cc1cc(C)n(CCNC(=O)NCc2ccc(F)cc2)n1. The Morgan fingerprint density at radius 3 is 2.57 bits per heavy atom. The number of aryl methyl sites for hydroxylation is 2. The quantitative estimate of drug-likeness (QED) is 0.886. The van der Waals surface area contributed by atoms with E-state index < -0.39 is 0 Å². The van der Waals surface area contributed by atoms with Gasteiger partial charge in [0.2, 0.25) is 0 Å². The summed E-state index contributed by atoms with van der Waals surface area (Å²) < 4.78 is 14.6. The third kappa shape index (κ3) is 4.59. The van der Waals surface area contributed by atoms with Gasteiger partial charge in [0.15, 0.2) is 0 Å². The summed E-state index contributed by atoms with van der Waals surface area (Å²) in [4.78, 5) is 11.6. The van der Waals surface area contributed by atoms with E-state index in [0.717, 1.165) is 17.0 Å². The second-order valence-corrected chi connectivity index (χ2v) is 4.89. The minimum atomic E-state index is -0.284. The average molecular weight is 290 g/mol. The molecule has 0 aliphatic carbocycles. The molecule has 0 aliphatic rings. The van der Waals surface area contributed by atoms with Crippen LogP contribution < -0.4 is 10.6 Å². The molecule has 21 heavy (non-hydrogen) atoms. The van der Waals surface area contributed by atoms with Crippen molar-refractivity contribution in [2.45, 2.75) is 26.9 Å². The van der Waals surface area contributed by atoms with Gasteiger partial charge in [0.1, 0.15) is 5.82 Å². The molecule has 2 aromatic rings. The van der Waals surface area contributed by atoms with Gasteiger partial charge in [-0.2, -0.15) is 5.10 Å². The van der Waals surface area contributed by atoms with Crippen LogP contribution in [0, 0.1) is 19.7 Å². The number of hydrogen-bond acceptors (Lipinski definition) is 2. The summed E-state index contributed by atoms with van der Waals surface area (Å²) in [6, 6.07) is 7.78. The Balaban J connectivity index is 1.70. The van der Waals surface area contributed by atoms with Crippen LogP contribution in [0.4, 0.5) is 9.18 Å². The van der Waals surface area contributed by atoms with Crippen LogP contribution >= 0.6 is 0 Å². The molecule has 0 bridgehead atoms. The number of halogens is 1. The second kappa shape index (κ2) is 6.88. The molecule has 0 fully saturated rings. The summed E-state index contributed by atoms with van der Waals surface area (Å²) in [5.74, 6) is -0.284. The molecule has 5 nitrogen and oxygen atoms in total. The van der Waals surface area contributed by atoms with Gasteiger partial charge in [0.25, 0.3) is 0 Å². The van der Waals surface area contributed by atoms with Crippen LogP contribution in [0.15, 0.2) is 30.3 Å². The van der Waals surface area contributed by atoms with E-state index in [2.05, 4.69) is 15.7 Å². The summed E-state index contributed by atoms with van der Waals surface area (Å²) in [5.41, 5.74) is 2.89. The van der Waals surface area contributed by atoms with E-state index in [1.807, 2.05) is 24.6 Å². The first-order valence-electron chi connectivity index (χ1n) is 6.82. The molecule has 0 radical (unpaired) electrons. The highest BCUT2D eigenvalue weighted by molar-refractivity contribution is 5.73. The number of nitrogens with one attached hydrogen (secondary N) is 2. The van der Waals surface area contributed by atoms with Crippen molar-refractivity contribution in [2.75, 3.05) is 6.54 Å². The molecule has 0 saturated heterocycles. The van der Waals surface area contributed by atoms with Crippen molar-refractivity contribution in [3.63, 3.8) is 0 Å². The lowest BCUT2D eigenvalue weighted by Crippen LogP contribution is -2.37. The number of nitrogens with zero attached hydrogens (tertiary/aromatic N) is 2. The molecule has 1 aromatic heterocycles. The minimum absolute atomic E-state index is 0.249. The van der Waals surface area contributed by atoms with Gasteiger partial charge in [-0.1, -0.05) is 12.1 Å². The molecule has 0 atom stereocenters. The fourth-order valence-electron chi connectivity index (χ4n) is 2.02. The number of amides is 2. The minimum Gasteiger partial charge on any atom is -0.336 e. The Morgan fingerprint density at radius 1 is 1.24 bits per heavy atom. The summed E-state index contributed by atoms with van der Waals surface area (Å²) in [6.07, 6.45) is 0. The highest BCUT2D eigenvalue weighted by atomic mass is 19.1. The average Bonchev–Trinajstić information content (AvgIpc) is 2.76. The predicted molar refractivity (Wildman–Crippen MR) is 78.3 cm³/mol. The van der Waals surface area contributed by atoms with E-state index in [1.165, 1.54) is 12.1 Å². The molecule has 2 N–H and O–H groups in total.